The molecular formula is C26H33F15O2S. The number of alkyl halides is 15. The number of rotatable bonds is 9. The lowest BCUT2D eigenvalue weighted by molar-refractivity contribution is -0.454. The van der Waals surface area contributed by atoms with Gasteiger partial charge in [0.1, 0.15) is 21.7 Å². The minimum atomic E-state index is -8.50. The smallest absolute Gasteiger partial charge is 0.460 e. The molecule has 0 aliphatic heterocycles. The molecule has 260 valence electrons. The number of carboxylic acid groups (broad SMARTS) is 1. The van der Waals surface area contributed by atoms with Crippen molar-refractivity contribution in [3.8, 4) is 0 Å². The predicted molar refractivity (Wildman–Crippen MR) is 129 cm³/mol. The Labute approximate surface area is 246 Å². The largest absolute Gasteiger partial charge is 0.544 e. The van der Waals surface area contributed by atoms with Crippen LogP contribution in [0.2, 0.25) is 0 Å². The first-order valence-corrected chi connectivity index (χ1v) is 15.6. The maximum absolute atomic E-state index is 12.8. The molecular weight excluding hydrogens is 661 g/mol. The minimum absolute atomic E-state index is 0.816. The van der Waals surface area contributed by atoms with Crippen LogP contribution in [0, 0.1) is 0 Å². The Morgan fingerprint density at radius 3 is 0.932 bits per heavy atom. The molecule has 0 aromatic rings. The Bertz CT molecular complexity index is 893. The molecule has 3 fully saturated rings. The standard InChI is InChI=1S/C18H33S.C8HF15O2/c1-4-10-16(11-5-1)19(17-12-6-2-7-13-17)18-14-8-3-9-15-18;9-2(10,1(24)25)3(11,12)4(13,14)5(15,16)6(17,18)7(19,20)8(21,22)23/h16-18H,1-15H2;(H,24,25)/q+1;/p-1. The monoisotopic (exact) mass is 694 g/mol. The Morgan fingerprint density at radius 2 is 0.682 bits per heavy atom. The molecule has 3 aliphatic carbocycles. The van der Waals surface area contributed by atoms with Gasteiger partial charge in [-0.1, -0.05) is 19.3 Å². The maximum Gasteiger partial charge on any atom is 0.460 e. The first-order valence-electron chi connectivity index (χ1n) is 14.1. The number of hydrogen-bond acceptors (Lipinski definition) is 2. The molecule has 0 aromatic heterocycles. The lowest BCUT2D eigenvalue weighted by atomic mass is 9.91. The van der Waals surface area contributed by atoms with E-state index in [9.17, 15) is 75.8 Å². The van der Waals surface area contributed by atoms with E-state index in [-0.39, 0.29) is 0 Å². The molecule has 3 rings (SSSR count). The average molecular weight is 695 g/mol. The third-order valence-corrected chi connectivity index (χ3v) is 12.1. The van der Waals surface area contributed by atoms with Gasteiger partial charge in [0.15, 0.2) is 0 Å². The Hall–Kier alpha value is -1.23. The maximum atomic E-state index is 12.8. The van der Waals surface area contributed by atoms with Gasteiger partial charge < -0.3 is 9.90 Å². The van der Waals surface area contributed by atoms with Crippen LogP contribution in [0.4, 0.5) is 65.9 Å². The fourth-order valence-electron chi connectivity index (χ4n) is 5.92. The van der Waals surface area contributed by atoms with Crippen molar-refractivity contribution >= 4 is 16.9 Å². The molecule has 3 aliphatic rings. The van der Waals surface area contributed by atoms with E-state index in [1.54, 1.807) is 77.0 Å². The molecule has 0 bridgehead atoms. The van der Waals surface area contributed by atoms with E-state index in [2.05, 4.69) is 0 Å². The number of carbonyl (C=O) groups is 1. The fraction of sp³-hybridized carbons (Fsp3) is 0.962. The summed E-state index contributed by atoms with van der Waals surface area (Å²) in [5.41, 5.74) is 0. The third-order valence-electron chi connectivity index (χ3n) is 8.40. The van der Waals surface area contributed by atoms with Crippen molar-refractivity contribution in [2.24, 2.45) is 0 Å². The highest BCUT2D eigenvalue weighted by molar-refractivity contribution is 7.98. The first-order chi connectivity index (χ1) is 19.9. The quantitative estimate of drug-likeness (QED) is 0.179. The van der Waals surface area contributed by atoms with E-state index >= 15 is 0 Å². The molecule has 0 aromatic carbocycles. The van der Waals surface area contributed by atoms with E-state index in [0.717, 1.165) is 26.6 Å². The summed E-state index contributed by atoms with van der Waals surface area (Å²) < 4.78 is 186. The second kappa shape index (κ2) is 13.9. The molecule has 0 radical (unpaired) electrons. The molecule has 0 atom stereocenters. The minimum Gasteiger partial charge on any atom is -0.544 e. The highest BCUT2D eigenvalue weighted by Gasteiger charge is 2.93. The van der Waals surface area contributed by atoms with Crippen LogP contribution in [-0.2, 0) is 15.7 Å². The Kier molecular flexibility index (Phi) is 12.3. The molecule has 44 heavy (non-hydrogen) atoms. The molecule has 0 unspecified atom stereocenters. The summed E-state index contributed by atoms with van der Waals surface area (Å²) in [4.78, 5) is 9.61. The average Bonchev–Trinajstić information content (AvgIpc) is 2.94. The number of carbonyl (C=O) groups excluding carboxylic acids is 1. The van der Waals surface area contributed by atoms with Crippen LogP contribution >= 0.6 is 0 Å². The zero-order valence-corrected chi connectivity index (χ0v) is 24.0. The van der Waals surface area contributed by atoms with Crippen molar-refractivity contribution in [3.05, 3.63) is 0 Å². The van der Waals surface area contributed by atoms with Gasteiger partial charge in [0.2, 0.25) is 0 Å². The van der Waals surface area contributed by atoms with Gasteiger partial charge in [-0.2, -0.15) is 65.9 Å². The summed E-state index contributed by atoms with van der Waals surface area (Å²) in [5, 5.41) is 13.1. The van der Waals surface area contributed by atoms with Crippen LogP contribution < -0.4 is 5.11 Å². The third kappa shape index (κ3) is 7.18. The normalized spacial score (nSPS) is 21.6. The predicted octanol–water partition coefficient (Wildman–Crippen LogP) is 8.71. The van der Waals surface area contributed by atoms with Crippen molar-refractivity contribution in [1.82, 2.24) is 0 Å². The highest BCUT2D eigenvalue weighted by atomic mass is 32.2. The van der Waals surface area contributed by atoms with Crippen molar-refractivity contribution in [1.29, 1.82) is 0 Å². The second-order valence-corrected chi connectivity index (χ2v) is 14.2. The van der Waals surface area contributed by atoms with E-state index in [0.29, 0.717) is 0 Å². The van der Waals surface area contributed by atoms with Crippen LogP contribution in [0.3, 0.4) is 0 Å². The van der Waals surface area contributed by atoms with Crippen molar-refractivity contribution in [3.63, 3.8) is 0 Å². The van der Waals surface area contributed by atoms with Crippen molar-refractivity contribution in [2.75, 3.05) is 0 Å². The summed E-state index contributed by atoms with van der Waals surface area (Å²) >= 11 is 0. The van der Waals surface area contributed by atoms with Gasteiger partial charge in [-0.05, 0) is 87.9 Å². The van der Waals surface area contributed by atoms with Gasteiger partial charge in [-0.3, -0.25) is 0 Å². The van der Waals surface area contributed by atoms with Gasteiger partial charge in [0, 0.05) is 0 Å². The number of halogens is 15. The lowest BCUT2D eigenvalue weighted by Gasteiger charge is -2.41. The molecule has 2 nitrogen and oxygen atoms in total. The van der Waals surface area contributed by atoms with E-state index < -0.39 is 47.7 Å². The van der Waals surface area contributed by atoms with Crippen LogP contribution in [0.15, 0.2) is 0 Å². The SMILES string of the molecule is C1CCC([S+](C2CCCCC2)C2CCCCC2)CC1.O=C([O-])C(F)(F)C(F)(F)C(F)(F)C(F)(F)C(F)(F)C(F)(F)C(F)(F)F. The number of hydrogen-bond donors (Lipinski definition) is 0. The van der Waals surface area contributed by atoms with Crippen LogP contribution in [-0.4, -0.2) is 63.4 Å². The fourth-order valence-corrected chi connectivity index (χ4v) is 10.2. The van der Waals surface area contributed by atoms with Crippen LogP contribution in [0.5, 0.6) is 0 Å². The van der Waals surface area contributed by atoms with Crippen LogP contribution in [0.1, 0.15) is 96.3 Å². The summed E-state index contributed by atoms with van der Waals surface area (Å²) in [7, 11) is 0.816. The summed E-state index contributed by atoms with van der Waals surface area (Å²) in [6.45, 7) is 0. The molecule has 3 saturated carbocycles. The van der Waals surface area contributed by atoms with Crippen molar-refractivity contribution in [2.45, 2.75) is 154 Å². The van der Waals surface area contributed by atoms with Gasteiger partial charge in [-0.25, -0.2) is 0 Å². The van der Waals surface area contributed by atoms with E-state index in [1.165, 1.54) is 19.3 Å². The van der Waals surface area contributed by atoms with E-state index in [1.807, 2.05) is 0 Å². The van der Waals surface area contributed by atoms with Crippen LogP contribution in [0.25, 0.3) is 0 Å². The summed E-state index contributed by atoms with van der Waals surface area (Å²) in [6.07, 6.45) is 15.7. The van der Waals surface area contributed by atoms with Gasteiger partial charge in [0.05, 0.1) is 0 Å². The Morgan fingerprint density at radius 1 is 0.432 bits per heavy atom. The van der Waals surface area contributed by atoms with Crippen molar-refractivity contribution < 1.29 is 75.8 Å². The molecule has 0 N–H and O–H groups in total. The van der Waals surface area contributed by atoms with Gasteiger partial charge in [0.25, 0.3) is 0 Å². The molecule has 0 amide bonds. The molecule has 0 spiro atoms. The first kappa shape index (κ1) is 39.0. The molecule has 18 heteroatoms. The number of aliphatic carboxylic acids is 1. The highest BCUT2D eigenvalue weighted by Crippen LogP contribution is 2.62. The second-order valence-electron chi connectivity index (χ2n) is 11.4. The lowest BCUT2D eigenvalue weighted by Crippen LogP contribution is -2.74. The number of carboxylic acids is 1. The summed E-state index contributed by atoms with van der Waals surface area (Å²) in [5.74, 6) is -53.3. The zero-order valence-electron chi connectivity index (χ0n) is 23.2. The summed E-state index contributed by atoms with van der Waals surface area (Å²) in [6, 6.07) is 0. The Balaban J connectivity index is 0.000000315. The van der Waals surface area contributed by atoms with Gasteiger partial charge >= 0.3 is 41.7 Å². The van der Waals surface area contributed by atoms with E-state index in [4.69, 9.17) is 0 Å². The topological polar surface area (TPSA) is 40.1 Å². The molecule has 0 heterocycles. The van der Waals surface area contributed by atoms with Gasteiger partial charge in [-0.15, -0.1) is 0 Å². The zero-order chi connectivity index (χ0) is 34.0. The molecule has 0 saturated heterocycles.